The molecule has 1 aliphatic rings. The molecule has 0 saturated carbocycles. The summed E-state index contributed by atoms with van der Waals surface area (Å²) in [5.41, 5.74) is 3.91. The van der Waals surface area contributed by atoms with Gasteiger partial charge in [0.05, 0.1) is 4.58 Å². The summed E-state index contributed by atoms with van der Waals surface area (Å²) in [6.07, 6.45) is 0. The van der Waals surface area contributed by atoms with Crippen molar-refractivity contribution in [3.8, 4) is 0 Å². The summed E-state index contributed by atoms with van der Waals surface area (Å²) in [5.74, 6) is 2.35. The van der Waals surface area contributed by atoms with Crippen LogP contribution < -0.4 is 10.2 Å². The Morgan fingerprint density at radius 2 is 1.61 bits per heavy atom. The van der Waals surface area contributed by atoms with E-state index < -0.39 is 0 Å². The fourth-order valence-electron chi connectivity index (χ4n) is 2.39. The number of thioether (sulfide) groups is 2. The molecule has 3 rings (SSSR count). The Hall–Kier alpha value is -1.59. The molecule has 0 bridgehead atoms. The molecule has 1 fully saturated rings. The molecule has 1 heterocycles. The van der Waals surface area contributed by atoms with Gasteiger partial charge in [0.2, 0.25) is 0 Å². The van der Waals surface area contributed by atoms with Crippen LogP contribution in [0.1, 0.15) is 20.5 Å². The van der Waals surface area contributed by atoms with E-state index in [0.717, 1.165) is 11.4 Å². The van der Waals surface area contributed by atoms with Gasteiger partial charge in [0.1, 0.15) is 0 Å². The third-order valence-electron chi connectivity index (χ3n) is 3.71. The quantitative estimate of drug-likeness (QED) is 0.886. The molecule has 1 N–H and O–H groups in total. The molecule has 0 unspecified atom stereocenters. The zero-order valence-corrected chi connectivity index (χ0v) is 14.9. The second kappa shape index (κ2) is 7.32. The Kier molecular flexibility index (Phi) is 5.18. The van der Waals surface area contributed by atoms with E-state index in [4.69, 9.17) is 0 Å². The number of hydrogen-bond acceptors (Lipinski definition) is 4. The van der Waals surface area contributed by atoms with Crippen molar-refractivity contribution in [1.82, 2.24) is 0 Å². The molecular formula is C18H20N2OS2. The lowest BCUT2D eigenvalue weighted by atomic mass is 10.1. The minimum Gasteiger partial charge on any atom is -0.378 e. The van der Waals surface area contributed by atoms with Gasteiger partial charge in [-0.15, -0.1) is 23.5 Å². The van der Waals surface area contributed by atoms with E-state index in [0.29, 0.717) is 10.1 Å². The average molecular weight is 345 g/mol. The monoisotopic (exact) mass is 344 g/mol. The fraction of sp³-hybridized carbons (Fsp3) is 0.278. The number of hydrogen-bond donors (Lipinski definition) is 1. The largest absolute Gasteiger partial charge is 0.378 e. The maximum Gasteiger partial charge on any atom is 0.255 e. The molecule has 1 saturated heterocycles. The van der Waals surface area contributed by atoms with Crippen molar-refractivity contribution in [2.24, 2.45) is 0 Å². The first-order valence-electron chi connectivity index (χ1n) is 7.55. The highest BCUT2D eigenvalue weighted by Crippen LogP contribution is 2.45. The number of nitrogens with one attached hydrogen (secondary N) is 1. The maximum absolute atomic E-state index is 12.3. The lowest BCUT2D eigenvalue weighted by Crippen LogP contribution is -2.12. The number of anilines is 2. The van der Waals surface area contributed by atoms with E-state index in [9.17, 15) is 4.79 Å². The van der Waals surface area contributed by atoms with Crippen LogP contribution in [0, 0.1) is 0 Å². The van der Waals surface area contributed by atoms with Crippen LogP contribution in [0.25, 0.3) is 0 Å². The molecule has 0 atom stereocenters. The van der Waals surface area contributed by atoms with Crippen molar-refractivity contribution in [2.75, 3.05) is 35.8 Å². The summed E-state index contributed by atoms with van der Waals surface area (Å²) >= 11 is 3.95. The summed E-state index contributed by atoms with van der Waals surface area (Å²) in [5, 5.41) is 2.95. The molecule has 1 aliphatic heterocycles. The van der Waals surface area contributed by atoms with Crippen molar-refractivity contribution in [1.29, 1.82) is 0 Å². The van der Waals surface area contributed by atoms with Gasteiger partial charge in [0, 0.05) is 42.5 Å². The van der Waals surface area contributed by atoms with Crippen LogP contribution in [0.15, 0.2) is 48.5 Å². The third-order valence-corrected chi connectivity index (χ3v) is 6.81. The number of carbonyl (C=O) groups is 1. The summed E-state index contributed by atoms with van der Waals surface area (Å²) in [6, 6.07) is 15.8. The van der Waals surface area contributed by atoms with Crippen molar-refractivity contribution in [3.05, 3.63) is 59.7 Å². The van der Waals surface area contributed by atoms with Gasteiger partial charge in [0.25, 0.3) is 5.91 Å². The van der Waals surface area contributed by atoms with Crippen LogP contribution in [0.2, 0.25) is 0 Å². The normalized spacial score (nSPS) is 14.7. The molecule has 3 nitrogen and oxygen atoms in total. The van der Waals surface area contributed by atoms with Gasteiger partial charge >= 0.3 is 0 Å². The summed E-state index contributed by atoms with van der Waals surface area (Å²) in [6.45, 7) is 0. The molecule has 0 aromatic heterocycles. The molecular weight excluding hydrogens is 324 g/mol. The zero-order chi connectivity index (χ0) is 16.2. The van der Waals surface area contributed by atoms with Gasteiger partial charge in [0.15, 0.2) is 0 Å². The average Bonchev–Trinajstić information content (AvgIpc) is 3.10. The zero-order valence-electron chi connectivity index (χ0n) is 13.3. The van der Waals surface area contributed by atoms with Gasteiger partial charge in [-0.05, 0) is 42.0 Å². The lowest BCUT2D eigenvalue weighted by Gasteiger charge is -2.13. The molecule has 0 spiro atoms. The molecule has 5 heteroatoms. The minimum absolute atomic E-state index is 0.0686. The van der Waals surface area contributed by atoms with Gasteiger partial charge in [-0.3, -0.25) is 4.79 Å². The predicted molar refractivity (Wildman–Crippen MR) is 103 cm³/mol. The number of rotatable bonds is 4. The van der Waals surface area contributed by atoms with Crippen molar-refractivity contribution in [3.63, 3.8) is 0 Å². The number of nitrogens with zero attached hydrogens (tertiary/aromatic N) is 1. The molecule has 1 amide bonds. The number of carbonyl (C=O) groups excluding carboxylic acids is 1. The maximum atomic E-state index is 12.3. The highest BCUT2D eigenvalue weighted by Gasteiger charge is 2.18. The highest BCUT2D eigenvalue weighted by atomic mass is 32.2. The Balaban J connectivity index is 1.65. The van der Waals surface area contributed by atoms with Gasteiger partial charge in [-0.1, -0.05) is 12.1 Å². The van der Waals surface area contributed by atoms with Crippen molar-refractivity contribution >= 4 is 40.8 Å². The molecule has 2 aromatic rings. The Morgan fingerprint density at radius 3 is 2.17 bits per heavy atom. The molecule has 120 valence electrons. The van der Waals surface area contributed by atoms with Gasteiger partial charge < -0.3 is 10.2 Å². The molecule has 2 aromatic carbocycles. The van der Waals surface area contributed by atoms with Gasteiger partial charge in [-0.2, -0.15) is 0 Å². The Labute approximate surface area is 145 Å². The van der Waals surface area contributed by atoms with Crippen LogP contribution in [-0.4, -0.2) is 31.5 Å². The standard InChI is InChI=1S/C18H20N2OS2/c1-20(2)16-9-7-15(8-10-16)19-17(21)13-3-5-14(6-4-13)18-22-11-12-23-18/h3-10,18H,11-12H2,1-2H3,(H,19,21). The number of benzene rings is 2. The fourth-order valence-corrected chi connectivity index (χ4v) is 5.25. The van der Waals surface area contributed by atoms with Crippen LogP contribution in [0.4, 0.5) is 11.4 Å². The van der Waals surface area contributed by atoms with Crippen LogP contribution in [0.3, 0.4) is 0 Å². The topological polar surface area (TPSA) is 32.3 Å². The van der Waals surface area contributed by atoms with E-state index in [1.807, 2.05) is 78.9 Å². The lowest BCUT2D eigenvalue weighted by molar-refractivity contribution is 0.102. The molecule has 0 radical (unpaired) electrons. The molecule has 23 heavy (non-hydrogen) atoms. The minimum atomic E-state index is -0.0686. The van der Waals surface area contributed by atoms with E-state index in [1.165, 1.54) is 17.1 Å². The van der Waals surface area contributed by atoms with Crippen molar-refractivity contribution < 1.29 is 4.79 Å². The van der Waals surface area contributed by atoms with Crippen LogP contribution >= 0.6 is 23.5 Å². The number of amides is 1. The summed E-state index contributed by atoms with van der Waals surface area (Å²) < 4.78 is 0.519. The first-order chi connectivity index (χ1) is 11.1. The predicted octanol–water partition coefficient (Wildman–Crippen LogP) is 4.48. The molecule has 0 aliphatic carbocycles. The third kappa shape index (κ3) is 4.03. The van der Waals surface area contributed by atoms with Crippen LogP contribution in [0.5, 0.6) is 0 Å². The van der Waals surface area contributed by atoms with E-state index in [-0.39, 0.29) is 5.91 Å². The van der Waals surface area contributed by atoms with Gasteiger partial charge in [-0.25, -0.2) is 0 Å². The smallest absolute Gasteiger partial charge is 0.255 e. The first-order valence-corrected chi connectivity index (χ1v) is 9.65. The summed E-state index contributed by atoms with van der Waals surface area (Å²) in [7, 11) is 3.99. The SMILES string of the molecule is CN(C)c1ccc(NC(=O)c2ccc(C3SCCS3)cc2)cc1. The second-order valence-electron chi connectivity index (χ2n) is 5.59. The van der Waals surface area contributed by atoms with Crippen molar-refractivity contribution in [2.45, 2.75) is 4.58 Å². The van der Waals surface area contributed by atoms with E-state index in [2.05, 4.69) is 17.4 Å². The van der Waals surface area contributed by atoms with E-state index in [1.54, 1.807) is 0 Å². The Bertz CT molecular complexity index is 662. The van der Waals surface area contributed by atoms with Crippen LogP contribution in [-0.2, 0) is 0 Å². The second-order valence-corrected chi connectivity index (χ2v) is 8.32. The summed E-state index contributed by atoms with van der Waals surface area (Å²) in [4.78, 5) is 14.4. The highest BCUT2D eigenvalue weighted by molar-refractivity contribution is 8.19. The first kappa shape index (κ1) is 16.3. The Morgan fingerprint density at radius 1 is 1.00 bits per heavy atom. The van der Waals surface area contributed by atoms with E-state index >= 15 is 0 Å².